The van der Waals surface area contributed by atoms with Gasteiger partial charge >= 0.3 is 0 Å². The number of amides is 1. The molecule has 5 rings (SSSR count). The number of carbonyl (C=O) groups is 1. The SMILES string of the molecule is O=C(NCCCc1nc2ccccc2n1Cc1cccc2ccccc12)C1CCCCC1. The molecule has 4 nitrogen and oxygen atoms in total. The third-order valence-corrected chi connectivity index (χ3v) is 6.79. The quantitative estimate of drug-likeness (QED) is 0.377. The molecular formula is C28H31N3O. The van der Waals surface area contributed by atoms with Gasteiger partial charge in [-0.3, -0.25) is 4.79 Å². The van der Waals surface area contributed by atoms with Gasteiger partial charge in [-0.15, -0.1) is 0 Å². The molecule has 0 atom stereocenters. The van der Waals surface area contributed by atoms with Gasteiger partial charge in [0.25, 0.3) is 0 Å². The van der Waals surface area contributed by atoms with Crippen molar-refractivity contribution in [3.05, 3.63) is 78.1 Å². The van der Waals surface area contributed by atoms with Crippen molar-refractivity contribution in [2.24, 2.45) is 5.92 Å². The van der Waals surface area contributed by atoms with Crippen LogP contribution in [0.3, 0.4) is 0 Å². The molecule has 4 heteroatoms. The number of fused-ring (bicyclic) bond motifs is 2. The minimum absolute atomic E-state index is 0.222. The molecule has 0 spiro atoms. The average molecular weight is 426 g/mol. The monoisotopic (exact) mass is 425 g/mol. The van der Waals surface area contributed by atoms with Crippen LogP contribution in [0.15, 0.2) is 66.7 Å². The Kier molecular flexibility index (Phi) is 6.20. The lowest BCUT2D eigenvalue weighted by Crippen LogP contribution is -2.32. The highest BCUT2D eigenvalue weighted by atomic mass is 16.1. The summed E-state index contributed by atoms with van der Waals surface area (Å²) in [4.78, 5) is 17.4. The fourth-order valence-corrected chi connectivity index (χ4v) is 5.06. The highest BCUT2D eigenvalue weighted by molar-refractivity contribution is 5.86. The molecule has 1 saturated carbocycles. The Bertz CT molecular complexity index is 1210. The highest BCUT2D eigenvalue weighted by Gasteiger charge is 2.20. The Morgan fingerprint density at radius 1 is 0.938 bits per heavy atom. The molecule has 3 aromatic carbocycles. The van der Waals surface area contributed by atoms with Crippen LogP contribution in [0.2, 0.25) is 0 Å². The average Bonchev–Trinajstić information content (AvgIpc) is 3.19. The number of nitrogens with zero attached hydrogens (tertiary/aromatic N) is 2. The standard InChI is InChI=1S/C28H31N3O/c32-28(22-11-2-1-3-12-22)29-19-9-18-27-30-25-16-6-7-17-26(25)31(27)20-23-14-8-13-21-10-4-5-15-24(21)23/h4-8,10,13-17,22H,1-3,9,11-12,18-20H2,(H,29,32). The number of rotatable bonds is 7. The molecule has 0 unspecified atom stereocenters. The van der Waals surface area contributed by atoms with Crippen molar-refractivity contribution in [2.75, 3.05) is 6.54 Å². The molecule has 1 amide bonds. The van der Waals surface area contributed by atoms with E-state index in [-0.39, 0.29) is 11.8 Å². The number of para-hydroxylation sites is 2. The second-order valence-corrected chi connectivity index (χ2v) is 8.97. The molecule has 1 aliphatic rings. The fourth-order valence-electron chi connectivity index (χ4n) is 5.06. The lowest BCUT2D eigenvalue weighted by Gasteiger charge is -2.20. The predicted molar refractivity (Wildman–Crippen MR) is 131 cm³/mol. The number of aryl methyl sites for hydroxylation is 1. The minimum Gasteiger partial charge on any atom is -0.356 e. The maximum Gasteiger partial charge on any atom is 0.223 e. The summed E-state index contributed by atoms with van der Waals surface area (Å²) in [6.45, 7) is 1.51. The molecule has 0 radical (unpaired) electrons. The van der Waals surface area contributed by atoms with Crippen molar-refractivity contribution in [2.45, 2.75) is 51.5 Å². The summed E-state index contributed by atoms with van der Waals surface area (Å²) in [6.07, 6.45) is 7.50. The molecule has 1 fully saturated rings. The molecular weight excluding hydrogens is 394 g/mol. The molecule has 0 bridgehead atoms. The minimum atomic E-state index is 0.222. The number of imidazole rings is 1. The predicted octanol–water partition coefficient (Wildman–Crippen LogP) is 5.87. The zero-order chi connectivity index (χ0) is 21.8. The largest absolute Gasteiger partial charge is 0.356 e. The molecule has 0 saturated heterocycles. The molecule has 0 aliphatic heterocycles. The van der Waals surface area contributed by atoms with Crippen LogP contribution in [0.5, 0.6) is 0 Å². The topological polar surface area (TPSA) is 46.9 Å². The lowest BCUT2D eigenvalue weighted by molar-refractivity contribution is -0.125. The van der Waals surface area contributed by atoms with E-state index in [1.54, 1.807) is 0 Å². The first-order chi connectivity index (χ1) is 15.8. The van der Waals surface area contributed by atoms with E-state index in [2.05, 4.69) is 70.5 Å². The summed E-state index contributed by atoms with van der Waals surface area (Å²) in [5, 5.41) is 5.73. The van der Waals surface area contributed by atoms with Gasteiger partial charge in [0, 0.05) is 25.4 Å². The van der Waals surface area contributed by atoms with Gasteiger partial charge in [-0.1, -0.05) is 73.9 Å². The molecule has 4 aromatic rings. The van der Waals surface area contributed by atoms with Crippen LogP contribution in [-0.4, -0.2) is 22.0 Å². The first-order valence-corrected chi connectivity index (χ1v) is 12.0. The second kappa shape index (κ2) is 9.56. The normalized spacial score (nSPS) is 14.8. The van der Waals surface area contributed by atoms with Gasteiger partial charge in [0.1, 0.15) is 5.82 Å². The first-order valence-electron chi connectivity index (χ1n) is 12.0. The smallest absolute Gasteiger partial charge is 0.223 e. The molecule has 1 N–H and O–H groups in total. The Hall–Kier alpha value is -3.14. The lowest BCUT2D eigenvalue weighted by atomic mass is 9.89. The van der Waals surface area contributed by atoms with Gasteiger partial charge in [0.15, 0.2) is 0 Å². The van der Waals surface area contributed by atoms with E-state index in [1.807, 2.05) is 6.07 Å². The van der Waals surface area contributed by atoms with Crippen molar-refractivity contribution in [1.82, 2.24) is 14.9 Å². The van der Waals surface area contributed by atoms with Crippen LogP contribution in [0, 0.1) is 5.92 Å². The molecule has 164 valence electrons. The number of hydrogen-bond acceptors (Lipinski definition) is 2. The van der Waals surface area contributed by atoms with Gasteiger partial charge in [-0.05, 0) is 47.7 Å². The first kappa shape index (κ1) is 20.7. The third-order valence-electron chi connectivity index (χ3n) is 6.79. The summed E-state index contributed by atoms with van der Waals surface area (Å²) in [5.41, 5.74) is 3.51. The molecule has 1 aromatic heterocycles. The Labute approximate surface area is 189 Å². The fraction of sp³-hybridized carbons (Fsp3) is 0.357. The number of nitrogens with one attached hydrogen (secondary N) is 1. The number of carbonyl (C=O) groups excluding carboxylic acids is 1. The van der Waals surface area contributed by atoms with Crippen molar-refractivity contribution in [3.8, 4) is 0 Å². The zero-order valence-corrected chi connectivity index (χ0v) is 18.6. The summed E-state index contributed by atoms with van der Waals surface area (Å²) in [7, 11) is 0. The Morgan fingerprint density at radius 2 is 1.72 bits per heavy atom. The summed E-state index contributed by atoms with van der Waals surface area (Å²) >= 11 is 0. The Balaban J connectivity index is 1.32. The maximum atomic E-state index is 12.5. The van der Waals surface area contributed by atoms with Gasteiger partial charge < -0.3 is 9.88 Å². The summed E-state index contributed by atoms with van der Waals surface area (Å²) < 4.78 is 2.35. The van der Waals surface area contributed by atoms with Crippen LogP contribution in [0.25, 0.3) is 21.8 Å². The maximum absolute atomic E-state index is 12.5. The van der Waals surface area contributed by atoms with Gasteiger partial charge in [0.05, 0.1) is 11.0 Å². The molecule has 1 aliphatic carbocycles. The van der Waals surface area contributed by atoms with Crippen molar-refractivity contribution in [3.63, 3.8) is 0 Å². The molecule has 32 heavy (non-hydrogen) atoms. The third kappa shape index (κ3) is 4.40. The van der Waals surface area contributed by atoms with Crippen LogP contribution in [0.1, 0.15) is 49.9 Å². The highest BCUT2D eigenvalue weighted by Crippen LogP contribution is 2.25. The van der Waals surface area contributed by atoms with E-state index >= 15 is 0 Å². The van der Waals surface area contributed by atoms with E-state index in [0.29, 0.717) is 6.54 Å². The van der Waals surface area contributed by atoms with E-state index < -0.39 is 0 Å². The molecule has 1 heterocycles. The van der Waals surface area contributed by atoms with Gasteiger partial charge in [-0.2, -0.15) is 0 Å². The number of benzene rings is 3. The van der Waals surface area contributed by atoms with E-state index in [9.17, 15) is 4.79 Å². The van der Waals surface area contributed by atoms with Crippen LogP contribution in [-0.2, 0) is 17.8 Å². The van der Waals surface area contributed by atoms with Crippen LogP contribution < -0.4 is 5.32 Å². The van der Waals surface area contributed by atoms with Crippen molar-refractivity contribution < 1.29 is 4.79 Å². The summed E-state index contributed by atoms with van der Waals surface area (Å²) in [5.74, 6) is 1.56. The van der Waals surface area contributed by atoms with E-state index in [0.717, 1.165) is 43.6 Å². The Morgan fingerprint density at radius 3 is 2.62 bits per heavy atom. The van der Waals surface area contributed by atoms with Gasteiger partial charge in [-0.25, -0.2) is 4.98 Å². The zero-order valence-electron chi connectivity index (χ0n) is 18.6. The van der Waals surface area contributed by atoms with E-state index in [1.165, 1.54) is 41.1 Å². The van der Waals surface area contributed by atoms with Crippen molar-refractivity contribution >= 4 is 27.7 Å². The number of aromatic nitrogens is 2. The van der Waals surface area contributed by atoms with Crippen LogP contribution in [0.4, 0.5) is 0 Å². The van der Waals surface area contributed by atoms with E-state index in [4.69, 9.17) is 4.98 Å². The van der Waals surface area contributed by atoms with Gasteiger partial charge in [0.2, 0.25) is 5.91 Å². The van der Waals surface area contributed by atoms with Crippen molar-refractivity contribution in [1.29, 1.82) is 0 Å². The number of hydrogen-bond donors (Lipinski definition) is 1. The van der Waals surface area contributed by atoms with Crippen LogP contribution >= 0.6 is 0 Å². The second-order valence-electron chi connectivity index (χ2n) is 8.97. The summed E-state index contributed by atoms with van der Waals surface area (Å²) in [6, 6.07) is 23.4.